The molecule has 0 radical (unpaired) electrons. The first-order valence-corrected chi connectivity index (χ1v) is 6.79. The minimum atomic E-state index is -0.128. The van der Waals surface area contributed by atoms with Gasteiger partial charge in [-0.05, 0) is 31.5 Å². The highest BCUT2D eigenvalue weighted by atomic mass is 16.5. The minimum absolute atomic E-state index is 0.128. The lowest BCUT2D eigenvalue weighted by molar-refractivity contribution is -0.140. The molecule has 19 heavy (non-hydrogen) atoms. The largest absolute Gasteiger partial charge is 0.489 e. The van der Waals surface area contributed by atoms with Gasteiger partial charge >= 0.3 is 5.97 Å². The lowest BCUT2D eigenvalue weighted by atomic mass is 10.3. The molecule has 1 heterocycles. The maximum atomic E-state index is 11.0. The molecule has 0 spiro atoms. The second-order valence-corrected chi connectivity index (χ2v) is 4.82. The molecule has 0 aromatic heterocycles. The minimum Gasteiger partial charge on any atom is -0.489 e. The number of esters is 1. The van der Waals surface area contributed by atoms with E-state index < -0.39 is 0 Å². The normalized spacial score (nSPS) is 19.3. The highest BCUT2D eigenvalue weighted by Gasteiger charge is 2.23. The van der Waals surface area contributed by atoms with Gasteiger partial charge in [-0.1, -0.05) is 18.2 Å². The molecule has 0 amide bonds. The second-order valence-electron chi connectivity index (χ2n) is 4.82. The fraction of sp³-hybridized carbons (Fsp3) is 0.533. The molecule has 1 saturated heterocycles. The molecule has 0 saturated carbocycles. The Labute approximate surface area is 114 Å². The SMILES string of the molecule is COC(=O)CCCN1CC[C@@H](Oc2ccccc2)C1. The van der Waals surface area contributed by atoms with Crippen molar-refractivity contribution in [2.45, 2.75) is 25.4 Å². The van der Waals surface area contributed by atoms with Gasteiger partial charge in [-0.15, -0.1) is 0 Å². The van der Waals surface area contributed by atoms with Crippen LogP contribution in [0, 0.1) is 0 Å². The third-order valence-electron chi connectivity index (χ3n) is 3.36. The maximum absolute atomic E-state index is 11.0. The summed E-state index contributed by atoms with van der Waals surface area (Å²) in [6.07, 6.45) is 2.66. The van der Waals surface area contributed by atoms with Gasteiger partial charge < -0.3 is 9.47 Å². The number of methoxy groups -OCH3 is 1. The van der Waals surface area contributed by atoms with Gasteiger partial charge in [0.15, 0.2) is 0 Å². The van der Waals surface area contributed by atoms with E-state index in [4.69, 9.17) is 4.74 Å². The van der Waals surface area contributed by atoms with Gasteiger partial charge in [0.1, 0.15) is 11.9 Å². The number of benzene rings is 1. The zero-order chi connectivity index (χ0) is 13.5. The number of rotatable bonds is 6. The van der Waals surface area contributed by atoms with Gasteiger partial charge in [-0.3, -0.25) is 9.69 Å². The van der Waals surface area contributed by atoms with E-state index in [0.29, 0.717) is 6.42 Å². The van der Waals surface area contributed by atoms with E-state index in [1.165, 1.54) is 7.11 Å². The summed E-state index contributed by atoms with van der Waals surface area (Å²) in [4.78, 5) is 13.4. The van der Waals surface area contributed by atoms with E-state index in [9.17, 15) is 4.79 Å². The topological polar surface area (TPSA) is 38.8 Å². The molecule has 104 valence electrons. The third-order valence-corrected chi connectivity index (χ3v) is 3.36. The highest BCUT2D eigenvalue weighted by Crippen LogP contribution is 2.18. The van der Waals surface area contributed by atoms with Crippen LogP contribution in [0.2, 0.25) is 0 Å². The van der Waals surface area contributed by atoms with Crippen LogP contribution in [-0.2, 0) is 9.53 Å². The van der Waals surface area contributed by atoms with Crippen molar-refractivity contribution in [1.82, 2.24) is 4.90 Å². The predicted molar refractivity (Wildman–Crippen MR) is 73.2 cm³/mol. The molecular formula is C15H21NO3. The predicted octanol–water partition coefficient (Wildman–Crippen LogP) is 2.09. The molecule has 1 aliphatic rings. The van der Waals surface area contributed by atoms with Gasteiger partial charge in [0, 0.05) is 19.5 Å². The van der Waals surface area contributed by atoms with Crippen LogP contribution in [0.1, 0.15) is 19.3 Å². The standard InChI is InChI=1S/C15H21NO3/c1-18-15(17)8-5-10-16-11-9-14(12-16)19-13-6-3-2-4-7-13/h2-4,6-7,14H,5,8-12H2,1H3/t14-/m1/s1. The van der Waals surface area contributed by atoms with Crippen molar-refractivity contribution in [3.63, 3.8) is 0 Å². The van der Waals surface area contributed by atoms with Crippen molar-refractivity contribution in [3.05, 3.63) is 30.3 Å². The van der Waals surface area contributed by atoms with Gasteiger partial charge in [0.05, 0.1) is 7.11 Å². The quantitative estimate of drug-likeness (QED) is 0.737. The van der Waals surface area contributed by atoms with Crippen molar-refractivity contribution in [2.24, 2.45) is 0 Å². The van der Waals surface area contributed by atoms with Crippen LogP contribution in [0.4, 0.5) is 0 Å². The first-order valence-electron chi connectivity index (χ1n) is 6.79. The summed E-state index contributed by atoms with van der Waals surface area (Å²) in [6.45, 7) is 2.92. The molecule has 0 N–H and O–H groups in total. The van der Waals surface area contributed by atoms with E-state index in [1.54, 1.807) is 0 Å². The average Bonchev–Trinajstić information content (AvgIpc) is 2.87. The molecule has 1 aliphatic heterocycles. The monoisotopic (exact) mass is 263 g/mol. The van der Waals surface area contributed by atoms with Crippen molar-refractivity contribution in [2.75, 3.05) is 26.7 Å². The fourth-order valence-corrected chi connectivity index (χ4v) is 2.34. The molecule has 2 rings (SSSR count). The summed E-state index contributed by atoms with van der Waals surface area (Å²) in [5.74, 6) is 0.806. The van der Waals surface area contributed by atoms with Crippen molar-refractivity contribution < 1.29 is 14.3 Å². The van der Waals surface area contributed by atoms with Crippen molar-refractivity contribution in [1.29, 1.82) is 0 Å². The van der Waals surface area contributed by atoms with Crippen LogP contribution in [0.5, 0.6) is 5.75 Å². The first-order chi connectivity index (χ1) is 9.28. The Kier molecular flexibility index (Phi) is 5.21. The molecule has 4 nitrogen and oxygen atoms in total. The average molecular weight is 263 g/mol. The molecule has 0 bridgehead atoms. The number of hydrogen-bond acceptors (Lipinski definition) is 4. The Morgan fingerprint density at radius 2 is 2.16 bits per heavy atom. The first kappa shape index (κ1) is 13.9. The van der Waals surface area contributed by atoms with Crippen LogP contribution in [-0.4, -0.2) is 43.7 Å². The maximum Gasteiger partial charge on any atom is 0.305 e. The summed E-state index contributed by atoms with van der Waals surface area (Å²) in [5.41, 5.74) is 0. The van der Waals surface area contributed by atoms with Gasteiger partial charge in [0.2, 0.25) is 0 Å². The molecule has 1 aromatic carbocycles. The number of ether oxygens (including phenoxy) is 2. The summed E-state index contributed by atoms with van der Waals surface area (Å²) in [7, 11) is 1.43. The van der Waals surface area contributed by atoms with E-state index in [0.717, 1.165) is 38.2 Å². The van der Waals surface area contributed by atoms with Crippen molar-refractivity contribution in [3.8, 4) is 5.75 Å². The molecule has 0 unspecified atom stereocenters. The Balaban J connectivity index is 1.67. The molecule has 1 atom stereocenters. The second kappa shape index (κ2) is 7.14. The number of likely N-dealkylation sites (tertiary alicyclic amines) is 1. The van der Waals surface area contributed by atoms with E-state index in [-0.39, 0.29) is 12.1 Å². The number of hydrogen-bond donors (Lipinski definition) is 0. The van der Waals surface area contributed by atoms with Crippen LogP contribution in [0.3, 0.4) is 0 Å². The highest BCUT2D eigenvalue weighted by molar-refractivity contribution is 5.69. The van der Waals surface area contributed by atoms with Crippen LogP contribution in [0.15, 0.2) is 30.3 Å². The Morgan fingerprint density at radius 1 is 1.37 bits per heavy atom. The summed E-state index contributed by atoms with van der Waals surface area (Å²) < 4.78 is 10.6. The van der Waals surface area contributed by atoms with E-state index >= 15 is 0 Å². The third kappa shape index (κ3) is 4.56. The zero-order valence-electron chi connectivity index (χ0n) is 11.4. The number of nitrogens with zero attached hydrogens (tertiary/aromatic N) is 1. The molecule has 4 heteroatoms. The molecule has 0 aliphatic carbocycles. The van der Waals surface area contributed by atoms with E-state index in [1.807, 2.05) is 30.3 Å². The van der Waals surface area contributed by atoms with E-state index in [2.05, 4.69) is 9.64 Å². The lowest BCUT2D eigenvalue weighted by Crippen LogP contribution is -2.26. The summed E-state index contributed by atoms with van der Waals surface area (Å²) >= 11 is 0. The number of carbonyl (C=O) groups excluding carboxylic acids is 1. The van der Waals surface area contributed by atoms with Crippen LogP contribution >= 0.6 is 0 Å². The molecular weight excluding hydrogens is 242 g/mol. The van der Waals surface area contributed by atoms with Crippen LogP contribution < -0.4 is 4.74 Å². The van der Waals surface area contributed by atoms with Crippen molar-refractivity contribution >= 4 is 5.97 Å². The van der Waals surface area contributed by atoms with Crippen LogP contribution in [0.25, 0.3) is 0 Å². The Morgan fingerprint density at radius 3 is 2.89 bits per heavy atom. The van der Waals surface area contributed by atoms with Gasteiger partial charge in [-0.25, -0.2) is 0 Å². The molecule has 1 aromatic rings. The van der Waals surface area contributed by atoms with Gasteiger partial charge in [-0.2, -0.15) is 0 Å². The lowest BCUT2D eigenvalue weighted by Gasteiger charge is -2.16. The molecule has 1 fully saturated rings. The summed E-state index contributed by atoms with van der Waals surface area (Å²) in [5, 5.41) is 0. The number of carbonyl (C=O) groups is 1. The fourth-order valence-electron chi connectivity index (χ4n) is 2.34. The van der Waals surface area contributed by atoms with Gasteiger partial charge in [0.25, 0.3) is 0 Å². The number of para-hydroxylation sites is 1. The Bertz CT molecular complexity index is 394. The Hall–Kier alpha value is -1.55. The zero-order valence-corrected chi connectivity index (χ0v) is 11.4. The smallest absolute Gasteiger partial charge is 0.305 e. The summed E-state index contributed by atoms with van der Waals surface area (Å²) in [6, 6.07) is 9.93.